The van der Waals surface area contributed by atoms with E-state index >= 15 is 0 Å². The molecule has 20 heavy (non-hydrogen) atoms. The Balaban J connectivity index is 1.75. The summed E-state index contributed by atoms with van der Waals surface area (Å²) >= 11 is 0. The molecule has 0 saturated carbocycles. The smallest absolute Gasteiger partial charge is 0.212 e. The van der Waals surface area contributed by atoms with Gasteiger partial charge in [0.2, 0.25) is 5.89 Å². The fourth-order valence-corrected chi connectivity index (χ4v) is 2.75. The first kappa shape index (κ1) is 13.4. The van der Waals surface area contributed by atoms with Crippen LogP contribution >= 0.6 is 0 Å². The van der Waals surface area contributed by atoms with Crippen LogP contribution in [0, 0.1) is 5.92 Å². The average molecular weight is 270 g/mol. The molecule has 0 bridgehead atoms. The van der Waals surface area contributed by atoms with Crippen molar-refractivity contribution in [1.29, 1.82) is 0 Å². The number of hydrogen-bond acceptors (Lipinski definition) is 3. The summed E-state index contributed by atoms with van der Waals surface area (Å²) in [7, 11) is 0. The van der Waals surface area contributed by atoms with Gasteiger partial charge < -0.3 is 9.73 Å². The molecule has 1 N–H and O–H groups in total. The van der Waals surface area contributed by atoms with E-state index in [1.54, 1.807) is 0 Å². The fourth-order valence-electron chi connectivity index (χ4n) is 2.75. The summed E-state index contributed by atoms with van der Waals surface area (Å²) in [5.74, 6) is 2.37. The summed E-state index contributed by atoms with van der Waals surface area (Å²) in [6.07, 6.45) is 5.28. The van der Waals surface area contributed by atoms with Crippen LogP contribution in [0.25, 0.3) is 11.3 Å². The Morgan fingerprint density at radius 2 is 2.10 bits per heavy atom. The molecule has 106 valence electrons. The zero-order valence-corrected chi connectivity index (χ0v) is 12.2. The molecule has 1 aliphatic heterocycles. The minimum absolute atomic E-state index is 0.295. The van der Waals surface area contributed by atoms with Crippen molar-refractivity contribution in [3.8, 4) is 11.3 Å². The van der Waals surface area contributed by atoms with Crippen LogP contribution in [0.15, 0.2) is 34.9 Å². The average Bonchev–Trinajstić information content (AvgIpc) is 3.10. The summed E-state index contributed by atoms with van der Waals surface area (Å²) < 4.78 is 5.90. The molecular formula is C17H22N2O. The van der Waals surface area contributed by atoms with E-state index in [0.717, 1.165) is 36.6 Å². The Bertz CT molecular complexity index is 551. The standard InChI is InChI=1S/C17H22N2O/c1-12(2)10-13-5-7-14(8-6-13)16-11-19-17(20-16)15-4-3-9-18-15/h5-8,11-12,15,18H,3-4,9-10H2,1-2H3. The van der Waals surface area contributed by atoms with Crippen LogP contribution in [0.1, 0.15) is 44.2 Å². The van der Waals surface area contributed by atoms with Crippen LogP contribution < -0.4 is 5.32 Å². The highest BCUT2D eigenvalue weighted by molar-refractivity contribution is 5.56. The summed E-state index contributed by atoms with van der Waals surface area (Å²) in [6.45, 7) is 5.54. The molecule has 1 atom stereocenters. The van der Waals surface area contributed by atoms with Crippen LogP contribution in [-0.4, -0.2) is 11.5 Å². The number of rotatable bonds is 4. The monoisotopic (exact) mass is 270 g/mol. The molecule has 1 aromatic heterocycles. The third-order valence-corrected chi connectivity index (χ3v) is 3.76. The molecule has 2 aromatic rings. The lowest BCUT2D eigenvalue weighted by Gasteiger charge is -2.06. The molecule has 1 aromatic carbocycles. The normalized spacial score (nSPS) is 18.9. The van der Waals surface area contributed by atoms with Crippen molar-refractivity contribution in [3.05, 3.63) is 41.9 Å². The molecule has 1 fully saturated rings. The Morgan fingerprint density at radius 3 is 2.75 bits per heavy atom. The lowest BCUT2D eigenvalue weighted by atomic mass is 10.0. The SMILES string of the molecule is CC(C)Cc1ccc(-c2cnc(C3CCCN3)o2)cc1. The Labute approximate surface area is 120 Å². The van der Waals surface area contributed by atoms with E-state index in [-0.39, 0.29) is 0 Å². The van der Waals surface area contributed by atoms with E-state index < -0.39 is 0 Å². The van der Waals surface area contributed by atoms with Crippen LogP contribution in [0.4, 0.5) is 0 Å². The van der Waals surface area contributed by atoms with Crippen LogP contribution in [-0.2, 0) is 6.42 Å². The third kappa shape index (κ3) is 2.93. The molecule has 1 unspecified atom stereocenters. The second-order valence-electron chi connectivity index (χ2n) is 6.01. The fraction of sp³-hybridized carbons (Fsp3) is 0.471. The van der Waals surface area contributed by atoms with Gasteiger partial charge in [0.05, 0.1) is 12.2 Å². The van der Waals surface area contributed by atoms with Crippen molar-refractivity contribution >= 4 is 0 Å². The molecule has 0 radical (unpaired) electrons. The van der Waals surface area contributed by atoms with E-state index in [4.69, 9.17) is 4.42 Å². The molecule has 3 nitrogen and oxygen atoms in total. The first-order valence-electron chi connectivity index (χ1n) is 7.51. The molecule has 2 heterocycles. The number of hydrogen-bond donors (Lipinski definition) is 1. The van der Waals surface area contributed by atoms with Gasteiger partial charge in [0, 0.05) is 5.56 Å². The zero-order valence-electron chi connectivity index (χ0n) is 12.2. The summed E-state index contributed by atoms with van der Waals surface area (Å²) in [4.78, 5) is 4.42. The molecule has 1 aliphatic rings. The van der Waals surface area contributed by atoms with Gasteiger partial charge in [-0.3, -0.25) is 0 Å². The maximum atomic E-state index is 5.90. The Hall–Kier alpha value is -1.61. The molecule has 0 aliphatic carbocycles. The predicted molar refractivity (Wildman–Crippen MR) is 80.5 cm³/mol. The van der Waals surface area contributed by atoms with E-state index in [0.29, 0.717) is 12.0 Å². The van der Waals surface area contributed by atoms with Crippen molar-refractivity contribution < 1.29 is 4.42 Å². The van der Waals surface area contributed by atoms with Gasteiger partial charge in [-0.25, -0.2) is 4.98 Å². The number of nitrogens with one attached hydrogen (secondary N) is 1. The summed E-state index contributed by atoms with van der Waals surface area (Å²) in [5, 5.41) is 3.41. The third-order valence-electron chi connectivity index (χ3n) is 3.76. The van der Waals surface area contributed by atoms with Gasteiger partial charge >= 0.3 is 0 Å². The van der Waals surface area contributed by atoms with Gasteiger partial charge in [-0.2, -0.15) is 0 Å². The lowest BCUT2D eigenvalue weighted by molar-refractivity contribution is 0.437. The van der Waals surface area contributed by atoms with Crippen molar-refractivity contribution in [3.63, 3.8) is 0 Å². The molecular weight excluding hydrogens is 248 g/mol. The van der Waals surface area contributed by atoms with Gasteiger partial charge in [0.1, 0.15) is 0 Å². The van der Waals surface area contributed by atoms with Gasteiger partial charge in [0.15, 0.2) is 5.76 Å². The Morgan fingerprint density at radius 1 is 1.30 bits per heavy atom. The van der Waals surface area contributed by atoms with Crippen LogP contribution in [0.5, 0.6) is 0 Å². The van der Waals surface area contributed by atoms with Crippen molar-refractivity contribution in [2.75, 3.05) is 6.54 Å². The van der Waals surface area contributed by atoms with Crippen molar-refractivity contribution in [2.24, 2.45) is 5.92 Å². The maximum Gasteiger partial charge on any atom is 0.212 e. The largest absolute Gasteiger partial charge is 0.439 e. The van der Waals surface area contributed by atoms with E-state index in [1.165, 1.54) is 12.0 Å². The maximum absolute atomic E-state index is 5.90. The quantitative estimate of drug-likeness (QED) is 0.913. The highest BCUT2D eigenvalue weighted by Crippen LogP contribution is 2.27. The van der Waals surface area contributed by atoms with Gasteiger partial charge in [-0.1, -0.05) is 38.1 Å². The van der Waals surface area contributed by atoms with E-state index in [9.17, 15) is 0 Å². The number of aromatic nitrogens is 1. The lowest BCUT2D eigenvalue weighted by Crippen LogP contribution is -2.12. The Kier molecular flexibility index (Phi) is 3.88. The summed E-state index contributed by atoms with van der Waals surface area (Å²) in [5.41, 5.74) is 2.48. The predicted octanol–water partition coefficient (Wildman–Crippen LogP) is 3.96. The van der Waals surface area contributed by atoms with E-state index in [1.807, 2.05) is 6.20 Å². The molecule has 0 amide bonds. The first-order valence-corrected chi connectivity index (χ1v) is 7.51. The number of nitrogens with zero attached hydrogens (tertiary/aromatic N) is 1. The minimum atomic E-state index is 0.295. The highest BCUT2D eigenvalue weighted by atomic mass is 16.4. The number of oxazole rings is 1. The van der Waals surface area contributed by atoms with Gasteiger partial charge in [-0.05, 0) is 37.3 Å². The van der Waals surface area contributed by atoms with Crippen molar-refractivity contribution in [2.45, 2.75) is 39.2 Å². The highest BCUT2D eigenvalue weighted by Gasteiger charge is 2.21. The second-order valence-corrected chi connectivity index (χ2v) is 6.01. The van der Waals surface area contributed by atoms with Gasteiger partial charge in [0.25, 0.3) is 0 Å². The topological polar surface area (TPSA) is 38.1 Å². The minimum Gasteiger partial charge on any atom is -0.439 e. The van der Waals surface area contributed by atoms with Crippen LogP contribution in [0.2, 0.25) is 0 Å². The number of benzene rings is 1. The summed E-state index contributed by atoms with van der Waals surface area (Å²) in [6, 6.07) is 8.93. The van der Waals surface area contributed by atoms with Gasteiger partial charge in [-0.15, -0.1) is 0 Å². The van der Waals surface area contributed by atoms with Crippen molar-refractivity contribution in [1.82, 2.24) is 10.3 Å². The second kappa shape index (κ2) is 5.80. The first-order chi connectivity index (χ1) is 9.72. The van der Waals surface area contributed by atoms with Crippen LogP contribution in [0.3, 0.4) is 0 Å². The molecule has 0 spiro atoms. The zero-order chi connectivity index (χ0) is 13.9. The molecule has 3 rings (SSSR count). The molecule has 1 saturated heterocycles. The molecule has 3 heteroatoms. The van der Waals surface area contributed by atoms with E-state index in [2.05, 4.69) is 48.4 Å².